The van der Waals surface area contributed by atoms with Crippen LogP contribution in [0, 0.1) is 5.41 Å². The highest BCUT2D eigenvalue weighted by atomic mass is 15.2. The monoisotopic (exact) mass is 186 g/mol. The van der Waals surface area contributed by atoms with Crippen LogP contribution < -0.4 is 0 Å². The van der Waals surface area contributed by atoms with Gasteiger partial charge >= 0.3 is 0 Å². The highest BCUT2D eigenvalue weighted by Crippen LogP contribution is 2.61. The molecule has 2 saturated heterocycles. The van der Waals surface area contributed by atoms with Gasteiger partial charge in [-0.3, -0.25) is 9.88 Å². The summed E-state index contributed by atoms with van der Waals surface area (Å²) in [5, 5.41) is 0. The topological polar surface area (TPSA) is 16.1 Å². The van der Waals surface area contributed by atoms with Crippen molar-refractivity contribution in [1.82, 2.24) is 9.88 Å². The van der Waals surface area contributed by atoms with Crippen LogP contribution in [0.2, 0.25) is 0 Å². The Bertz CT molecular complexity index is 391. The van der Waals surface area contributed by atoms with Crippen LogP contribution >= 0.6 is 0 Å². The van der Waals surface area contributed by atoms with E-state index < -0.39 is 0 Å². The van der Waals surface area contributed by atoms with Crippen molar-refractivity contribution in [2.75, 3.05) is 13.1 Å². The predicted octanol–water partition coefficient (Wildman–Crippen LogP) is 1.77. The molecule has 1 aromatic heterocycles. The Morgan fingerprint density at radius 3 is 3.07 bits per heavy atom. The summed E-state index contributed by atoms with van der Waals surface area (Å²) in [7, 11) is 0. The second kappa shape index (κ2) is 2.19. The molecule has 72 valence electrons. The third-order valence-corrected chi connectivity index (χ3v) is 4.52. The minimum absolute atomic E-state index is 0.616. The molecule has 0 spiro atoms. The Kier molecular flexibility index (Phi) is 1.16. The zero-order valence-electron chi connectivity index (χ0n) is 8.24. The van der Waals surface area contributed by atoms with Gasteiger partial charge in [-0.05, 0) is 55.0 Å². The fourth-order valence-electron chi connectivity index (χ4n) is 3.91. The SMILES string of the molecule is c1cc2c(cn1)[C@H]1N3CCC1(CC3)C2. The Morgan fingerprint density at radius 1 is 1.36 bits per heavy atom. The van der Waals surface area contributed by atoms with E-state index in [1.54, 1.807) is 5.56 Å². The van der Waals surface area contributed by atoms with Crippen LogP contribution in [-0.2, 0) is 6.42 Å². The van der Waals surface area contributed by atoms with Crippen molar-refractivity contribution >= 4 is 0 Å². The standard InChI is InChI=1S/C12H14N2/c1-4-13-8-10-9(1)7-12-2-5-14(6-3-12)11(10)12/h1,4,8,11H,2-3,5-7H2/t11-/m1/s1. The maximum atomic E-state index is 4.28. The molecule has 0 amide bonds. The van der Waals surface area contributed by atoms with E-state index in [9.17, 15) is 0 Å². The van der Waals surface area contributed by atoms with Crippen LogP contribution in [0.3, 0.4) is 0 Å². The van der Waals surface area contributed by atoms with E-state index in [-0.39, 0.29) is 0 Å². The molecule has 0 saturated carbocycles. The summed E-state index contributed by atoms with van der Waals surface area (Å²) in [5.74, 6) is 0. The average molecular weight is 186 g/mol. The molecule has 0 N–H and O–H groups in total. The number of fused-ring (bicyclic) bond motifs is 1. The van der Waals surface area contributed by atoms with Crippen molar-refractivity contribution in [2.45, 2.75) is 25.3 Å². The number of nitrogens with zero attached hydrogens (tertiary/aromatic N) is 2. The van der Waals surface area contributed by atoms with Crippen LogP contribution in [0.1, 0.15) is 30.0 Å². The summed E-state index contributed by atoms with van der Waals surface area (Å²) < 4.78 is 0. The molecule has 14 heavy (non-hydrogen) atoms. The number of pyridine rings is 1. The molecule has 2 fully saturated rings. The van der Waals surface area contributed by atoms with Crippen LogP contribution in [0.5, 0.6) is 0 Å². The number of rotatable bonds is 0. The first-order chi connectivity index (χ1) is 6.89. The lowest BCUT2D eigenvalue weighted by atomic mass is 9.80. The van der Waals surface area contributed by atoms with Gasteiger partial charge in [0, 0.05) is 18.4 Å². The summed E-state index contributed by atoms with van der Waals surface area (Å²) in [6, 6.07) is 2.95. The quantitative estimate of drug-likeness (QED) is 0.614. The van der Waals surface area contributed by atoms with E-state index >= 15 is 0 Å². The lowest BCUT2D eigenvalue weighted by molar-refractivity contribution is 0.285. The number of hydrogen-bond acceptors (Lipinski definition) is 2. The van der Waals surface area contributed by atoms with Gasteiger partial charge in [0.1, 0.15) is 0 Å². The molecule has 4 rings (SSSR count). The number of hydrogen-bond donors (Lipinski definition) is 0. The van der Waals surface area contributed by atoms with E-state index in [1.165, 1.54) is 37.9 Å². The van der Waals surface area contributed by atoms with Gasteiger partial charge in [-0.1, -0.05) is 0 Å². The van der Waals surface area contributed by atoms with E-state index in [1.807, 2.05) is 6.20 Å². The fourth-order valence-corrected chi connectivity index (χ4v) is 3.91. The van der Waals surface area contributed by atoms with Gasteiger partial charge in [0.25, 0.3) is 0 Å². The van der Waals surface area contributed by atoms with Gasteiger partial charge in [0.15, 0.2) is 0 Å². The normalized spacial score (nSPS) is 42.6. The maximum Gasteiger partial charge on any atom is 0.0426 e. The van der Waals surface area contributed by atoms with Gasteiger partial charge in [0.2, 0.25) is 0 Å². The molecule has 0 radical (unpaired) electrons. The molecule has 1 aromatic rings. The molecule has 0 unspecified atom stereocenters. The molecule has 1 atom stereocenters. The largest absolute Gasteiger partial charge is 0.296 e. The lowest BCUT2D eigenvalue weighted by Crippen LogP contribution is -2.21. The first kappa shape index (κ1) is 7.41. The number of piperidine rings is 1. The third kappa shape index (κ3) is 0.672. The van der Waals surface area contributed by atoms with Crippen molar-refractivity contribution in [1.29, 1.82) is 0 Å². The van der Waals surface area contributed by atoms with Crippen molar-refractivity contribution in [2.24, 2.45) is 5.41 Å². The van der Waals surface area contributed by atoms with Gasteiger partial charge in [-0.15, -0.1) is 0 Å². The van der Waals surface area contributed by atoms with Crippen molar-refractivity contribution in [3.63, 3.8) is 0 Å². The van der Waals surface area contributed by atoms with Crippen molar-refractivity contribution < 1.29 is 0 Å². The maximum absolute atomic E-state index is 4.28. The van der Waals surface area contributed by atoms with E-state index in [0.29, 0.717) is 5.41 Å². The van der Waals surface area contributed by atoms with E-state index in [2.05, 4.69) is 22.1 Å². The van der Waals surface area contributed by atoms with Crippen molar-refractivity contribution in [3.8, 4) is 0 Å². The summed E-state index contributed by atoms with van der Waals surface area (Å²) in [6.45, 7) is 2.64. The molecular weight excluding hydrogens is 172 g/mol. The predicted molar refractivity (Wildman–Crippen MR) is 53.9 cm³/mol. The molecule has 1 aliphatic carbocycles. The van der Waals surface area contributed by atoms with Crippen LogP contribution in [-0.4, -0.2) is 23.0 Å². The highest BCUT2D eigenvalue weighted by molar-refractivity contribution is 5.38. The zero-order valence-corrected chi connectivity index (χ0v) is 8.24. The molecular formula is C12H14N2. The zero-order chi connectivity index (χ0) is 9.17. The number of aromatic nitrogens is 1. The van der Waals surface area contributed by atoms with E-state index in [0.717, 1.165) is 6.04 Å². The van der Waals surface area contributed by atoms with Crippen LogP contribution in [0.4, 0.5) is 0 Å². The summed E-state index contributed by atoms with van der Waals surface area (Å²) in [4.78, 5) is 6.94. The van der Waals surface area contributed by atoms with Gasteiger partial charge in [-0.25, -0.2) is 0 Å². The molecule has 3 heterocycles. The molecule has 2 bridgehead atoms. The molecule has 2 heteroatoms. The minimum atomic E-state index is 0.616. The van der Waals surface area contributed by atoms with Gasteiger partial charge < -0.3 is 0 Å². The minimum Gasteiger partial charge on any atom is -0.296 e. The fraction of sp³-hybridized carbons (Fsp3) is 0.583. The smallest absolute Gasteiger partial charge is 0.0426 e. The average Bonchev–Trinajstić information content (AvgIpc) is 2.79. The van der Waals surface area contributed by atoms with Gasteiger partial charge in [0.05, 0.1) is 0 Å². The van der Waals surface area contributed by atoms with Crippen LogP contribution in [0.25, 0.3) is 0 Å². The Balaban J connectivity index is 1.94. The van der Waals surface area contributed by atoms with E-state index in [4.69, 9.17) is 0 Å². The molecule has 2 nitrogen and oxygen atoms in total. The second-order valence-corrected chi connectivity index (χ2v) is 5.05. The molecule has 3 aliphatic rings. The van der Waals surface area contributed by atoms with Gasteiger partial charge in [-0.2, -0.15) is 0 Å². The first-order valence-electron chi connectivity index (χ1n) is 5.56. The first-order valence-corrected chi connectivity index (χ1v) is 5.56. The second-order valence-electron chi connectivity index (χ2n) is 5.05. The molecule has 0 aromatic carbocycles. The lowest BCUT2D eigenvalue weighted by Gasteiger charge is -2.22. The summed E-state index contributed by atoms with van der Waals surface area (Å²) >= 11 is 0. The Morgan fingerprint density at radius 2 is 2.21 bits per heavy atom. The Hall–Kier alpha value is -0.890. The summed E-state index contributed by atoms with van der Waals surface area (Å²) in [6.07, 6.45) is 8.18. The van der Waals surface area contributed by atoms with Crippen LogP contribution in [0.15, 0.2) is 18.5 Å². The summed E-state index contributed by atoms with van der Waals surface area (Å²) in [5.41, 5.74) is 3.71. The Labute approximate surface area is 83.9 Å². The third-order valence-electron chi connectivity index (χ3n) is 4.52. The highest BCUT2D eigenvalue weighted by Gasteiger charge is 2.56. The van der Waals surface area contributed by atoms with Crippen molar-refractivity contribution in [3.05, 3.63) is 29.6 Å². The molecule has 2 aliphatic heterocycles.